The van der Waals surface area contributed by atoms with Crippen LogP contribution in [0.4, 0.5) is 52.7 Å². The number of para-hydroxylation sites is 2. The molecular weight excluding hydrogens is 1130 g/mol. The minimum atomic E-state index is -5.02. The van der Waals surface area contributed by atoms with Gasteiger partial charge in [0.2, 0.25) is 0 Å². The molecule has 0 aliphatic carbocycles. The summed E-state index contributed by atoms with van der Waals surface area (Å²) < 4.78 is 185. The summed E-state index contributed by atoms with van der Waals surface area (Å²) in [6.45, 7) is 0. The van der Waals surface area contributed by atoms with E-state index in [1.54, 1.807) is 45.5 Å². The Morgan fingerprint density at radius 2 is 0.500 bits per heavy atom. The first kappa shape index (κ1) is 52.1. The van der Waals surface area contributed by atoms with E-state index in [-0.39, 0.29) is 66.2 Å². The van der Waals surface area contributed by atoms with Crippen LogP contribution in [0.25, 0.3) is 132 Å². The van der Waals surface area contributed by atoms with Gasteiger partial charge in [-0.15, -0.1) is 0 Å². The van der Waals surface area contributed by atoms with E-state index in [9.17, 15) is 63.2 Å². The van der Waals surface area contributed by atoms with Crippen LogP contribution in [0.3, 0.4) is 0 Å². The van der Waals surface area contributed by atoms with Gasteiger partial charge in [0.15, 0.2) is 0 Å². The van der Waals surface area contributed by atoms with Gasteiger partial charge in [-0.2, -0.15) is 63.2 Å². The van der Waals surface area contributed by atoms with Gasteiger partial charge in [0.1, 0.15) is 23.3 Å². The van der Waals surface area contributed by atoms with Crippen LogP contribution in [0, 0.1) is 22.7 Å². The van der Waals surface area contributed by atoms with Crippen LogP contribution in [-0.2, 0) is 24.7 Å². The molecule has 18 heteroatoms. The first-order valence-electron chi connectivity index (χ1n) is 26.5. The fraction of sp³-hybridized carbons (Fsp3) is 0.0588. The van der Waals surface area contributed by atoms with E-state index in [2.05, 4.69) is 12.1 Å². The summed E-state index contributed by atoms with van der Waals surface area (Å²) in [6.07, 6.45) is -20.1. The molecule has 0 aliphatic heterocycles. The zero-order valence-corrected chi connectivity index (χ0v) is 43.7. The van der Waals surface area contributed by atoms with Gasteiger partial charge in [-0.05, 0) is 131 Å². The maximum absolute atomic E-state index is 15.0. The van der Waals surface area contributed by atoms with Crippen molar-refractivity contribution in [3.63, 3.8) is 0 Å². The lowest BCUT2D eigenvalue weighted by atomic mass is 9.98. The lowest BCUT2D eigenvalue weighted by Gasteiger charge is -2.27. The topological polar surface area (TPSA) is 67.3 Å². The maximum atomic E-state index is 15.0. The van der Waals surface area contributed by atoms with E-state index < -0.39 is 58.2 Å². The molecular formula is C68H32F12N6. The summed E-state index contributed by atoms with van der Waals surface area (Å²) in [7, 11) is 0. The molecule has 0 spiro atoms. The van der Waals surface area contributed by atoms with E-state index in [4.69, 9.17) is 0 Å². The number of fused-ring (bicyclic) bond motifs is 14. The number of nitriles is 2. The zero-order valence-electron chi connectivity index (χ0n) is 43.7. The molecule has 4 heterocycles. The molecule has 0 aliphatic rings. The van der Waals surface area contributed by atoms with Crippen molar-refractivity contribution in [1.82, 2.24) is 18.3 Å². The number of aromatic nitrogens is 4. The van der Waals surface area contributed by atoms with Crippen LogP contribution in [0.5, 0.6) is 0 Å². The first-order valence-corrected chi connectivity index (χ1v) is 26.5. The Kier molecular flexibility index (Phi) is 10.8. The molecule has 0 bridgehead atoms. The van der Waals surface area contributed by atoms with Gasteiger partial charge in [-0.25, -0.2) is 0 Å². The zero-order chi connectivity index (χ0) is 59.7. The molecule has 0 amide bonds. The lowest BCUT2D eigenvalue weighted by molar-refractivity contribution is -0.138. The Morgan fingerprint density at radius 1 is 0.244 bits per heavy atom. The number of rotatable bonds is 4. The Hall–Kier alpha value is -10.7. The lowest BCUT2D eigenvalue weighted by Crippen LogP contribution is -2.17. The van der Waals surface area contributed by atoms with Gasteiger partial charge in [0.05, 0.1) is 89.1 Å². The van der Waals surface area contributed by atoms with Gasteiger partial charge in [-0.1, -0.05) is 84.9 Å². The molecule has 15 rings (SSSR count). The quantitative estimate of drug-likeness (QED) is 0.165. The van der Waals surface area contributed by atoms with Crippen molar-refractivity contribution in [3.8, 4) is 34.9 Å². The van der Waals surface area contributed by atoms with E-state index >= 15 is 0 Å². The molecule has 418 valence electrons. The molecule has 0 atom stereocenters. The third kappa shape index (κ3) is 7.54. The minimum absolute atomic E-state index is 0.0165. The highest BCUT2D eigenvalue weighted by atomic mass is 19.4. The van der Waals surface area contributed by atoms with Gasteiger partial charge in [-0.3, -0.25) is 0 Å². The Bertz CT molecular complexity index is 5430. The summed E-state index contributed by atoms with van der Waals surface area (Å²) in [5.41, 5.74) is -5.40. The molecule has 0 unspecified atom stereocenters. The molecule has 0 fully saturated rings. The molecule has 0 saturated heterocycles. The smallest absolute Gasteiger partial charge is 0.306 e. The third-order valence-corrected chi connectivity index (χ3v) is 16.4. The van der Waals surface area contributed by atoms with Gasteiger partial charge in [0.25, 0.3) is 0 Å². The van der Waals surface area contributed by atoms with Crippen molar-refractivity contribution in [2.45, 2.75) is 24.7 Å². The predicted octanol–water partition coefficient (Wildman–Crippen LogP) is 20.2. The highest BCUT2D eigenvalue weighted by molar-refractivity contribution is 6.18. The maximum Gasteiger partial charge on any atom is 0.416 e. The number of halogens is 12. The standard InChI is InChI=1S/C68H32F12N6/c69-65(70,71)39-17-21-55-47(29-39)48-30-40(66(72,73)74)18-22-56(48)83(55)61-51(33-81)62(84-57-23-19-41(67(75,76)77)31-49(57)50-32-42(68(78,79)80)20-24-58(50)84)64(86-54-16-8-6-14-44(54)46-26-36-10-2-4-12-38(36)28-60(46)86)63(52(61)34-82)85-53-15-7-5-13-43(53)45-25-35-9-1-3-11-37(35)27-59(45)85/h1-32H. The molecule has 11 aromatic carbocycles. The molecule has 86 heavy (non-hydrogen) atoms. The van der Waals surface area contributed by atoms with E-state index in [1.807, 2.05) is 84.9 Å². The van der Waals surface area contributed by atoms with Crippen molar-refractivity contribution >= 4 is 109 Å². The highest BCUT2D eigenvalue weighted by Gasteiger charge is 2.39. The van der Waals surface area contributed by atoms with E-state index in [0.29, 0.717) is 90.8 Å². The SMILES string of the molecule is N#Cc1c(-n2c3ccc(C(F)(F)F)cc3c3cc(C(F)(F)F)ccc32)c(C#N)c(-n2c3ccccc3c3cc4ccccc4cc32)c(-n2c3ccccc3c3cc4ccccc4cc32)c1-n1c2ccc(C(F)(F)F)cc2c2cc(C(F)(F)F)ccc21. The molecule has 0 saturated carbocycles. The fourth-order valence-corrected chi connectivity index (χ4v) is 12.8. The van der Waals surface area contributed by atoms with Crippen molar-refractivity contribution in [1.29, 1.82) is 10.5 Å². The summed E-state index contributed by atoms with van der Waals surface area (Å²) in [4.78, 5) is 0. The second-order valence-electron chi connectivity index (χ2n) is 21.1. The summed E-state index contributed by atoms with van der Waals surface area (Å²) >= 11 is 0. The second-order valence-corrected chi connectivity index (χ2v) is 21.1. The molecule has 0 radical (unpaired) electrons. The van der Waals surface area contributed by atoms with Gasteiger partial charge < -0.3 is 18.3 Å². The fourth-order valence-electron chi connectivity index (χ4n) is 12.8. The van der Waals surface area contributed by atoms with Crippen LogP contribution in [-0.4, -0.2) is 18.3 Å². The van der Waals surface area contributed by atoms with Gasteiger partial charge in [0, 0.05) is 43.1 Å². The molecule has 6 nitrogen and oxygen atoms in total. The van der Waals surface area contributed by atoms with E-state index in [0.717, 1.165) is 47.2 Å². The van der Waals surface area contributed by atoms with Crippen LogP contribution < -0.4 is 0 Å². The average Bonchev–Trinajstić information content (AvgIpc) is 1.46. The normalized spacial score (nSPS) is 12.9. The minimum Gasteiger partial charge on any atom is -0.306 e. The largest absolute Gasteiger partial charge is 0.416 e. The van der Waals surface area contributed by atoms with Crippen LogP contribution in [0.2, 0.25) is 0 Å². The number of hydrogen-bond acceptors (Lipinski definition) is 2. The number of benzene rings is 11. The monoisotopic (exact) mass is 1160 g/mol. The third-order valence-electron chi connectivity index (χ3n) is 16.4. The Balaban J connectivity index is 1.28. The average molecular weight is 1160 g/mol. The molecule has 4 aromatic heterocycles. The van der Waals surface area contributed by atoms with Gasteiger partial charge >= 0.3 is 24.7 Å². The number of nitrogens with zero attached hydrogens (tertiary/aromatic N) is 6. The predicted molar refractivity (Wildman–Crippen MR) is 308 cm³/mol. The highest BCUT2D eigenvalue weighted by Crippen LogP contribution is 2.51. The molecule has 0 N–H and O–H groups in total. The van der Waals surface area contributed by atoms with Crippen LogP contribution >= 0.6 is 0 Å². The van der Waals surface area contributed by atoms with E-state index in [1.165, 1.54) is 9.13 Å². The van der Waals surface area contributed by atoms with Crippen molar-refractivity contribution in [2.24, 2.45) is 0 Å². The Labute approximate surface area is 475 Å². The summed E-state index contributed by atoms with van der Waals surface area (Å²) in [5.74, 6) is 0. The number of hydrogen-bond donors (Lipinski definition) is 0. The van der Waals surface area contributed by atoms with Crippen LogP contribution in [0.1, 0.15) is 33.4 Å². The second kappa shape index (κ2) is 17.9. The summed E-state index contributed by atoms with van der Waals surface area (Å²) in [6, 6.07) is 51.4. The summed E-state index contributed by atoms with van der Waals surface area (Å²) in [5, 5.41) is 29.0. The van der Waals surface area contributed by atoms with Crippen LogP contribution in [0.15, 0.2) is 194 Å². The van der Waals surface area contributed by atoms with Crippen molar-refractivity contribution < 1.29 is 52.7 Å². The number of alkyl halides is 12. The first-order chi connectivity index (χ1) is 41.1. The molecule has 15 aromatic rings. The van der Waals surface area contributed by atoms with Crippen molar-refractivity contribution in [3.05, 3.63) is 228 Å². The Morgan fingerprint density at radius 3 is 0.826 bits per heavy atom. The van der Waals surface area contributed by atoms with Crippen molar-refractivity contribution in [2.75, 3.05) is 0 Å².